The number of sulfone groups is 1. The molecule has 5 heteroatoms. The molecule has 3 aromatic carbocycles. The molecule has 0 aliphatic rings. The van der Waals surface area contributed by atoms with E-state index in [1.54, 1.807) is 48.5 Å². The molecular weight excluding hydrogens is 370 g/mol. The molecular formula is C23H23NO3S. The Morgan fingerprint density at radius 3 is 2.18 bits per heavy atom. The zero-order chi connectivity index (χ0) is 20.1. The van der Waals surface area contributed by atoms with Crippen molar-refractivity contribution in [3.8, 4) is 0 Å². The Hall–Kier alpha value is -2.92. The SMILES string of the molecule is CCc1ccccc1NC(=O)c1ccc(CS(=O)(=O)c2ccc(C)cc2)cc1. The second kappa shape index (κ2) is 8.40. The molecule has 0 unspecified atom stereocenters. The molecule has 0 spiro atoms. The Morgan fingerprint density at radius 2 is 1.54 bits per heavy atom. The van der Waals surface area contributed by atoms with Gasteiger partial charge < -0.3 is 5.32 Å². The van der Waals surface area contributed by atoms with E-state index in [1.165, 1.54) is 0 Å². The minimum atomic E-state index is -3.42. The average Bonchev–Trinajstić information content (AvgIpc) is 2.69. The molecule has 0 aliphatic heterocycles. The van der Waals surface area contributed by atoms with Gasteiger partial charge in [0, 0.05) is 11.3 Å². The van der Waals surface area contributed by atoms with Gasteiger partial charge in [-0.15, -0.1) is 0 Å². The van der Waals surface area contributed by atoms with E-state index in [1.807, 2.05) is 38.1 Å². The van der Waals surface area contributed by atoms with Crippen LogP contribution in [0.4, 0.5) is 5.69 Å². The number of rotatable bonds is 6. The Labute approximate surface area is 166 Å². The van der Waals surface area contributed by atoms with Crippen LogP contribution in [0, 0.1) is 6.92 Å². The number of para-hydroxylation sites is 1. The smallest absolute Gasteiger partial charge is 0.255 e. The van der Waals surface area contributed by atoms with Gasteiger partial charge in [0.05, 0.1) is 10.6 Å². The van der Waals surface area contributed by atoms with Crippen LogP contribution in [0.25, 0.3) is 0 Å². The lowest BCUT2D eigenvalue weighted by Crippen LogP contribution is -2.13. The van der Waals surface area contributed by atoms with Crippen LogP contribution in [0.5, 0.6) is 0 Å². The molecule has 3 rings (SSSR count). The van der Waals surface area contributed by atoms with Gasteiger partial charge in [-0.25, -0.2) is 8.42 Å². The van der Waals surface area contributed by atoms with Gasteiger partial charge >= 0.3 is 0 Å². The van der Waals surface area contributed by atoms with Crippen molar-refractivity contribution in [2.75, 3.05) is 5.32 Å². The minimum Gasteiger partial charge on any atom is -0.322 e. The Balaban J connectivity index is 1.72. The number of benzene rings is 3. The number of carbonyl (C=O) groups is 1. The van der Waals surface area contributed by atoms with Crippen molar-refractivity contribution in [1.82, 2.24) is 0 Å². The van der Waals surface area contributed by atoms with Crippen LogP contribution in [0.2, 0.25) is 0 Å². The Bertz CT molecular complexity index is 1070. The summed E-state index contributed by atoms with van der Waals surface area (Å²) >= 11 is 0. The van der Waals surface area contributed by atoms with Crippen LogP contribution in [0.1, 0.15) is 34.0 Å². The first-order valence-corrected chi connectivity index (χ1v) is 10.8. The summed E-state index contributed by atoms with van der Waals surface area (Å²) in [5, 5.41) is 2.92. The monoisotopic (exact) mass is 393 g/mol. The van der Waals surface area contributed by atoms with E-state index >= 15 is 0 Å². The maximum absolute atomic E-state index is 12.6. The number of aryl methyl sites for hydroxylation is 2. The molecule has 0 radical (unpaired) electrons. The third-order valence-corrected chi connectivity index (χ3v) is 6.30. The average molecular weight is 394 g/mol. The summed E-state index contributed by atoms with van der Waals surface area (Å²) in [5.74, 6) is -0.315. The fourth-order valence-corrected chi connectivity index (χ4v) is 4.29. The van der Waals surface area contributed by atoms with E-state index in [0.29, 0.717) is 16.0 Å². The highest BCUT2D eigenvalue weighted by Gasteiger charge is 2.16. The first-order valence-electron chi connectivity index (χ1n) is 9.16. The van der Waals surface area contributed by atoms with Crippen molar-refractivity contribution >= 4 is 21.4 Å². The molecule has 0 atom stereocenters. The van der Waals surface area contributed by atoms with Crippen molar-refractivity contribution in [1.29, 1.82) is 0 Å². The quantitative estimate of drug-likeness (QED) is 0.655. The number of nitrogens with one attached hydrogen (secondary N) is 1. The predicted molar refractivity (Wildman–Crippen MR) is 112 cm³/mol. The molecule has 0 aliphatic carbocycles. The lowest BCUT2D eigenvalue weighted by molar-refractivity contribution is 0.102. The van der Waals surface area contributed by atoms with E-state index in [9.17, 15) is 13.2 Å². The molecule has 0 fully saturated rings. The zero-order valence-corrected chi connectivity index (χ0v) is 16.8. The Morgan fingerprint density at radius 1 is 0.893 bits per heavy atom. The molecule has 0 bridgehead atoms. The van der Waals surface area contributed by atoms with Crippen molar-refractivity contribution < 1.29 is 13.2 Å². The molecule has 28 heavy (non-hydrogen) atoms. The van der Waals surface area contributed by atoms with E-state index in [-0.39, 0.29) is 11.7 Å². The van der Waals surface area contributed by atoms with Gasteiger partial charge in [-0.2, -0.15) is 0 Å². The zero-order valence-electron chi connectivity index (χ0n) is 16.0. The first kappa shape index (κ1) is 19.8. The number of amides is 1. The van der Waals surface area contributed by atoms with Gasteiger partial charge in [0.2, 0.25) is 0 Å². The van der Waals surface area contributed by atoms with Gasteiger partial charge in [0.1, 0.15) is 0 Å². The molecule has 1 amide bonds. The topological polar surface area (TPSA) is 63.2 Å². The van der Waals surface area contributed by atoms with Crippen LogP contribution < -0.4 is 5.32 Å². The van der Waals surface area contributed by atoms with Crippen LogP contribution in [-0.4, -0.2) is 14.3 Å². The highest BCUT2D eigenvalue weighted by atomic mass is 32.2. The number of anilines is 1. The predicted octanol–water partition coefficient (Wildman–Crippen LogP) is 4.78. The maximum atomic E-state index is 12.6. The van der Waals surface area contributed by atoms with Crippen molar-refractivity contribution in [2.24, 2.45) is 0 Å². The summed E-state index contributed by atoms with van der Waals surface area (Å²) in [7, 11) is -3.42. The molecule has 144 valence electrons. The summed E-state index contributed by atoms with van der Waals surface area (Å²) < 4.78 is 25.1. The van der Waals surface area contributed by atoms with E-state index < -0.39 is 9.84 Å². The Kier molecular flexibility index (Phi) is 5.95. The number of hydrogen-bond donors (Lipinski definition) is 1. The van der Waals surface area contributed by atoms with Crippen molar-refractivity contribution in [3.05, 3.63) is 95.1 Å². The molecule has 0 saturated carbocycles. The van der Waals surface area contributed by atoms with Crippen molar-refractivity contribution in [2.45, 2.75) is 30.9 Å². The van der Waals surface area contributed by atoms with Gasteiger partial charge in [-0.3, -0.25) is 4.79 Å². The van der Waals surface area contributed by atoms with E-state index in [4.69, 9.17) is 0 Å². The van der Waals surface area contributed by atoms with Crippen LogP contribution in [0.15, 0.2) is 77.7 Å². The second-order valence-corrected chi connectivity index (χ2v) is 8.72. The normalized spacial score (nSPS) is 11.2. The maximum Gasteiger partial charge on any atom is 0.255 e. The standard InChI is InChI=1S/C23H23NO3S/c1-3-19-6-4-5-7-22(19)24-23(25)20-12-10-18(11-13-20)16-28(26,27)21-14-8-17(2)9-15-21/h4-15H,3,16H2,1-2H3,(H,24,25). The summed E-state index contributed by atoms with van der Waals surface area (Å²) in [6.45, 7) is 3.95. The molecule has 3 aromatic rings. The summed E-state index contributed by atoms with van der Waals surface area (Å²) in [6, 6.07) is 21.2. The van der Waals surface area contributed by atoms with Crippen LogP contribution >= 0.6 is 0 Å². The molecule has 0 aromatic heterocycles. The van der Waals surface area contributed by atoms with Gasteiger partial charge in [0.25, 0.3) is 5.91 Å². The van der Waals surface area contributed by atoms with Crippen LogP contribution in [0.3, 0.4) is 0 Å². The minimum absolute atomic E-state index is 0.101. The fourth-order valence-electron chi connectivity index (χ4n) is 2.95. The molecule has 1 N–H and O–H groups in total. The highest BCUT2D eigenvalue weighted by Crippen LogP contribution is 2.19. The largest absolute Gasteiger partial charge is 0.322 e. The fraction of sp³-hybridized carbons (Fsp3) is 0.174. The van der Waals surface area contributed by atoms with E-state index in [2.05, 4.69) is 5.32 Å². The lowest BCUT2D eigenvalue weighted by atomic mass is 10.1. The molecule has 4 nitrogen and oxygen atoms in total. The summed E-state index contributed by atoms with van der Waals surface area (Å²) in [5.41, 5.74) is 4.00. The van der Waals surface area contributed by atoms with Crippen molar-refractivity contribution in [3.63, 3.8) is 0 Å². The first-order chi connectivity index (χ1) is 13.4. The number of carbonyl (C=O) groups excluding carboxylic acids is 1. The lowest BCUT2D eigenvalue weighted by Gasteiger charge is -2.10. The highest BCUT2D eigenvalue weighted by molar-refractivity contribution is 7.90. The van der Waals surface area contributed by atoms with Gasteiger partial charge in [-0.05, 0) is 54.8 Å². The van der Waals surface area contributed by atoms with Gasteiger partial charge in [-0.1, -0.05) is 55.0 Å². The van der Waals surface area contributed by atoms with E-state index in [0.717, 1.165) is 23.2 Å². The third-order valence-electron chi connectivity index (χ3n) is 4.60. The summed E-state index contributed by atoms with van der Waals surface area (Å²) in [6.07, 6.45) is 0.826. The third kappa shape index (κ3) is 4.67. The number of hydrogen-bond acceptors (Lipinski definition) is 3. The summed E-state index contributed by atoms with van der Waals surface area (Å²) in [4.78, 5) is 12.8. The molecule has 0 saturated heterocycles. The van der Waals surface area contributed by atoms with Gasteiger partial charge in [0.15, 0.2) is 9.84 Å². The molecule has 0 heterocycles. The second-order valence-electron chi connectivity index (χ2n) is 6.73. The van der Waals surface area contributed by atoms with Crippen LogP contribution in [-0.2, 0) is 22.0 Å².